The first-order valence-corrected chi connectivity index (χ1v) is 9.14. The molecule has 1 aliphatic rings. The first kappa shape index (κ1) is 15.8. The molecule has 1 amide bonds. The third kappa shape index (κ3) is 3.88. The second-order valence-electron chi connectivity index (χ2n) is 5.92. The van der Waals surface area contributed by atoms with Crippen LogP contribution in [-0.4, -0.2) is 26.1 Å². The average Bonchev–Trinajstić information content (AvgIpc) is 3.39. The smallest absolute Gasteiger partial charge is 0.227 e. The maximum Gasteiger partial charge on any atom is 0.227 e. The summed E-state index contributed by atoms with van der Waals surface area (Å²) in [5, 5.41) is 15.0. The molecule has 4 rings (SSSR count). The largest absolute Gasteiger partial charge is 0.326 e. The minimum Gasteiger partial charge on any atom is -0.326 e. The van der Waals surface area contributed by atoms with Crippen molar-refractivity contribution in [2.75, 3.05) is 5.32 Å². The second kappa shape index (κ2) is 7.06. The van der Waals surface area contributed by atoms with Crippen LogP contribution in [0.2, 0.25) is 0 Å². The van der Waals surface area contributed by atoms with E-state index < -0.39 is 0 Å². The van der Waals surface area contributed by atoms with Gasteiger partial charge in [-0.05, 0) is 53.6 Å². The fraction of sp³-hybridized carbons (Fsp3) is 0.222. The van der Waals surface area contributed by atoms with Crippen LogP contribution in [0.25, 0.3) is 5.69 Å². The van der Waals surface area contributed by atoms with Crippen LogP contribution in [-0.2, 0) is 10.5 Å². The van der Waals surface area contributed by atoms with Crippen LogP contribution in [0.5, 0.6) is 0 Å². The van der Waals surface area contributed by atoms with Gasteiger partial charge in [0.25, 0.3) is 0 Å². The molecule has 25 heavy (non-hydrogen) atoms. The van der Waals surface area contributed by atoms with Gasteiger partial charge in [0.1, 0.15) is 0 Å². The van der Waals surface area contributed by atoms with Gasteiger partial charge in [0.15, 0.2) is 5.82 Å². The maximum absolute atomic E-state index is 11.9. The Kier molecular flexibility index (Phi) is 4.47. The molecule has 1 saturated carbocycles. The van der Waals surface area contributed by atoms with Gasteiger partial charge in [-0.15, -0.1) is 16.9 Å². The van der Waals surface area contributed by atoms with Crippen LogP contribution >= 0.6 is 11.8 Å². The van der Waals surface area contributed by atoms with Gasteiger partial charge in [0.2, 0.25) is 5.91 Å². The van der Waals surface area contributed by atoms with Crippen molar-refractivity contribution in [2.45, 2.75) is 23.5 Å². The maximum atomic E-state index is 11.9. The van der Waals surface area contributed by atoms with Crippen molar-refractivity contribution in [3.05, 3.63) is 60.4 Å². The predicted molar refractivity (Wildman–Crippen MR) is 96.5 cm³/mol. The normalized spacial score (nSPS) is 13.6. The predicted octanol–water partition coefficient (Wildman–Crippen LogP) is 3.30. The molecule has 0 radical (unpaired) electrons. The van der Waals surface area contributed by atoms with Crippen LogP contribution in [0.1, 0.15) is 18.7 Å². The summed E-state index contributed by atoms with van der Waals surface area (Å²) in [7, 11) is 0. The summed E-state index contributed by atoms with van der Waals surface area (Å²) in [6.45, 7) is 0. The highest BCUT2D eigenvalue weighted by Crippen LogP contribution is 2.31. The van der Waals surface area contributed by atoms with Crippen LogP contribution in [0.3, 0.4) is 0 Å². The van der Waals surface area contributed by atoms with Crippen LogP contribution in [0.4, 0.5) is 5.69 Å². The molecule has 6 nitrogen and oxygen atoms in total. The number of nitrogens with zero attached hydrogens (tertiary/aromatic N) is 4. The summed E-state index contributed by atoms with van der Waals surface area (Å²) in [6.07, 6.45) is 2.00. The fourth-order valence-corrected chi connectivity index (χ4v) is 3.33. The molecule has 1 N–H and O–H groups in total. The van der Waals surface area contributed by atoms with E-state index in [1.165, 1.54) is 0 Å². The van der Waals surface area contributed by atoms with Crippen molar-refractivity contribution >= 4 is 23.4 Å². The Bertz CT molecular complexity index is 876. The number of carbonyl (C=O) groups excluding carboxylic acids is 1. The highest BCUT2D eigenvalue weighted by molar-refractivity contribution is 7.98. The van der Waals surface area contributed by atoms with Crippen molar-refractivity contribution in [1.82, 2.24) is 20.2 Å². The van der Waals surface area contributed by atoms with E-state index in [0.717, 1.165) is 34.9 Å². The highest BCUT2D eigenvalue weighted by Gasteiger charge is 2.29. The summed E-state index contributed by atoms with van der Waals surface area (Å²) >= 11 is 1.64. The van der Waals surface area contributed by atoms with E-state index >= 15 is 0 Å². The topological polar surface area (TPSA) is 72.7 Å². The van der Waals surface area contributed by atoms with Gasteiger partial charge in [-0.2, -0.15) is 4.68 Å². The first-order chi connectivity index (χ1) is 12.3. The zero-order valence-corrected chi connectivity index (χ0v) is 14.3. The lowest BCUT2D eigenvalue weighted by Crippen LogP contribution is -2.13. The van der Waals surface area contributed by atoms with Gasteiger partial charge in [0.05, 0.1) is 11.4 Å². The first-order valence-electron chi connectivity index (χ1n) is 8.16. The number of carbonyl (C=O) groups is 1. The molecule has 0 unspecified atom stereocenters. The van der Waals surface area contributed by atoms with Gasteiger partial charge in [-0.1, -0.05) is 24.3 Å². The molecule has 0 atom stereocenters. The Morgan fingerprint density at radius 1 is 1.16 bits per heavy atom. The molecular weight excluding hydrogens is 334 g/mol. The Morgan fingerprint density at radius 3 is 2.80 bits per heavy atom. The van der Waals surface area contributed by atoms with Crippen molar-refractivity contribution in [3.8, 4) is 5.69 Å². The number of hydrogen-bond acceptors (Lipinski definition) is 5. The average molecular weight is 351 g/mol. The lowest BCUT2D eigenvalue weighted by Gasteiger charge is -2.07. The number of anilines is 1. The number of nitrogens with one attached hydrogen (secondary N) is 1. The molecule has 1 fully saturated rings. The summed E-state index contributed by atoms with van der Waals surface area (Å²) in [4.78, 5) is 13.0. The highest BCUT2D eigenvalue weighted by atomic mass is 32.2. The van der Waals surface area contributed by atoms with E-state index in [9.17, 15) is 4.79 Å². The molecule has 7 heteroatoms. The Balaban J connectivity index is 1.44. The molecule has 1 aliphatic carbocycles. The SMILES string of the molecule is O=C(Nc1cccc(SCc2nnnn2-c2ccccc2)c1)C1CC1. The molecular formula is C18H17N5OS. The van der Waals surface area contributed by atoms with Gasteiger partial charge in [-0.25, -0.2) is 0 Å². The molecule has 3 aromatic rings. The lowest BCUT2D eigenvalue weighted by atomic mass is 10.3. The molecule has 0 bridgehead atoms. The zero-order valence-electron chi connectivity index (χ0n) is 13.5. The number of benzene rings is 2. The molecule has 1 heterocycles. The lowest BCUT2D eigenvalue weighted by molar-refractivity contribution is -0.117. The standard InChI is InChI=1S/C18H17N5OS/c24-18(13-9-10-13)19-14-5-4-8-16(11-14)25-12-17-20-21-22-23(17)15-6-2-1-3-7-15/h1-8,11,13H,9-10,12H2,(H,19,24). The van der Waals surface area contributed by atoms with E-state index in [2.05, 4.69) is 20.8 Å². The third-order valence-electron chi connectivity index (χ3n) is 3.95. The van der Waals surface area contributed by atoms with Gasteiger partial charge in [0, 0.05) is 16.5 Å². The van der Waals surface area contributed by atoms with E-state index in [4.69, 9.17) is 0 Å². The van der Waals surface area contributed by atoms with E-state index in [1.807, 2.05) is 54.6 Å². The summed E-state index contributed by atoms with van der Waals surface area (Å²) < 4.78 is 1.74. The molecule has 2 aromatic carbocycles. The number of rotatable bonds is 6. The molecule has 126 valence electrons. The Morgan fingerprint density at radius 2 is 2.00 bits per heavy atom. The number of amides is 1. The van der Waals surface area contributed by atoms with E-state index in [-0.39, 0.29) is 11.8 Å². The minimum absolute atomic E-state index is 0.121. The number of para-hydroxylation sites is 1. The molecule has 0 aliphatic heterocycles. The van der Waals surface area contributed by atoms with Crippen molar-refractivity contribution < 1.29 is 4.79 Å². The van der Waals surface area contributed by atoms with Gasteiger partial charge < -0.3 is 5.32 Å². The van der Waals surface area contributed by atoms with Crippen molar-refractivity contribution in [1.29, 1.82) is 0 Å². The van der Waals surface area contributed by atoms with Crippen molar-refractivity contribution in [3.63, 3.8) is 0 Å². The third-order valence-corrected chi connectivity index (χ3v) is 4.94. The van der Waals surface area contributed by atoms with Crippen LogP contribution in [0.15, 0.2) is 59.5 Å². The fourth-order valence-electron chi connectivity index (χ4n) is 2.47. The number of hydrogen-bond donors (Lipinski definition) is 1. The number of aromatic nitrogens is 4. The summed E-state index contributed by atoms with van der Waals surface area (Å²) in [5.74, 6) is 1.74. The summed E-state index contributed by atoms with van der Waals surface area (Å²) in [5.41, 5.74) is 1.78. The van der Waals surface area contributed by atoms with Gasteiger partial charge >= 0.3 is 0 Å². The summed E-state index contributed by atoms with van der Waals surface area (Å²) in [6, 6.07) is 17.7. The monoisotopic (exact) mass is 351 g/mol. The second-order valence-corrected chi connectivity index (χ2v) is 6.97. The van der Waals surface area contributed by atoms with E-state index in [1.54, 1.807) is 16.4 Å². The molecule has 1 aromatic heterocycles. The van der Waals surface area contributed by atoms with Crippen LogP contribution < -0.4 is 5.32 Å². The van der Waals surface area contributed by atoms with E-state index in [0.29, 0.717) is 5.75 Å². The molecule has 0 spiro atoms. The number of thioether (sulfide) groups is 1. The quantitative estimate of drug-likeness (QED) is 0.690. The molecule has 0 saturated heterocycles. The van der Waals surface area contributed by atoms with Crippen LogP contribution in [0, 0.1) is 5.92 Å². The van der Waals surface area contributed by atoms with Crippen molar-refractivity contribution in [2.24, 2.45) is 5.92 Å². The number of tetrazole rings is 1. The zero-order chi connectivity index (χ0) is 17.1. The Hall–Kier alpha value is -2.67. The van der Waals surface area contributed by atoms with Gasteiger partial charge in [-0.3, -0.25) is 4.79 Å². The Labute approximate surface area is 149 Å². The minimum atomic E-state index is 0.121.